The topological polar surface area (TPSA) is 4.93 Å². The first-order valence-corrected chi connectivity index (χ1v) is 15.2. The van der Waals surface area contributed by atoms with E-state index in [1.807, 2.05) is 12.2 Å². The normalized spacial score (nSPS) is 17.2. The second-order valence-corrected chi connectivity index (χ2v) is 11.4. The fourth-order valence-electron chi connectivity index (χ4n) is 7.21. The van der Waals surface area contributed by atoms with Crippen molar-refractivity contribution in [2.45, 2.75) is 0 Å². The number of aromatic nitrogens is 1. The average Bonchev–Trinajstić information content (AvgIpc) is 3.42. The molecule has 0 fully saturated rings. The molecule has 0 bridgehead atoms. The van der Waals surface area contributed by atoms with Crippen LogP contribution < -0.4 is 10.4 Å². The van der Waals surface area contributed by atoms with Gasteiger partial charge in [-0.3, -0.25) is 0 Å². The van der Waals surface area contributed by atoms with Crippen LogP contribution in [0.1, 0.15) is 11.1 Å². The Morgan fingerprint density at radius 1 is 0.614 bits per heavy atom. The van der Waals surface area contributed by atoms with E-state index in [9.17, 15) is 0 Å². The van der Waals surface area contributed by atoms with Crippen LogP contribution in [0.4, 0.5) is 0 Å². The molecule has 0 radical (unpaired) electrons. The second kappa shape index (κ2) is 10.9. The molecule has 0 saturated carbocycles. The van der Waals surface area contributed by atoms with E-state index in [1.165, 1.54) is 60.2 Å². The number of nitrogens with zero attached hydrogens (tertiary/aromatic N) is 1. The van der Waals surface area contributed by atoms with Crippen molar-refractivity contribution in [3.05, 3.63) is 192 Å². The van der Waals surface area contributed by atoms with Gasteiger partial charge in [0.15, 0.2) is 0 Å². The number of hydrogen-bond donors (Lipinski definition) is 0. The second-order valence-electron chi connectivity index (χ2n) is 11.4. The Balaban J connectivity index is 1.53. The van der Waals surface area contributed by atoms with Crippen molar-refractivity contribution in [2.24, 2.45) is 11.8 Å². The Bertz CT molecular complexity index is 2280. The third-order valence-corrected chi connectivity index (χ3v) is 9.02. The fourth-order valence-corrected chi connectivity index (χ4v) is 7.21. The summed E-state index contributed by atoms with van der Waals surface area (Å²) in [5.74, 6) is 0.329. The molecular weight excluding hydrogens is 530 g/mol. The van der Waals surface area contributed by atoms with Crippen LogP contribution in [0, 0.1) is 11.8 Å². The van der Waals surface area contributed by atoms with Crippen molar-refractivity contribution in [1.82, 2.24) is 4.57 Å². The van der Waals surface area contributed by atoms with Crippen LogP contribution in [0.15, 0.2) is 170 Å². The zero-order valence-electron chi connectivity index (χ0n) is 24.4. The predicted molar refractivity (Wildman–Crippen MR) is 186 cm³/mol. The van der Waals surface area contributed by atoms with Gasteiger partial charge in [-0.25, -0.2) is 0 Å². The van der Waals surface area contributed by atoms with Crippen LogP contribution in [-0.4, -0.2) is 4.57 Å². The summed E-state index contributed by atoms with van der Waals surface area (Å²) in [5.41, 5.74) is 12.9. The average molecular weight is 562 g/mol. The van der Waals surface area contributed by atoms with Gasteiger partial charge >= 0.3 is 0 Å². The molecular formula is C43H31N. The van der Waals surface area contributed by atoms with Gasteiger partial charge in [0.1, 0.15) is 0 Å². The molecule has 2 unspecified atom stereocenters. The van der Waals surface area contributed by atoms with Gasteiger partial charge in [0.25, 0.3) is 0 Å². The lowest BCUT2D eigenvalue weighted by molar-refractivity contribution is 0.662. The Morgan fingerprint density at radius 3 is 1.98 bits per heavy atom. The minimum Gasteiger partial charge on any atom is -0.312 e. The van der Waals surface area contributed by atoms with E-state index in [0.29, 0.717) is 0 Å². The first-order valence-electron chi connectivity index (χ1n) is 15.2. The Kier molecular flexibility index (Phi) is 6.45. The summed E-state index contributed by atoms with van der Waals surface area (Å²) in [4.78, 5) is 0. The van der Waals surface area contributed by atoms with E-state index in [-0.39, 0.29) is 11.8 Å². The maximum absolute atomic E-state index is 3.72. The molecule has 2 aliphatic carbocycles. The maximum atomic E-state index is 3.72. The van der Waals surface area contributed by atoms with Crippen molar-refractivity contribution in [3.8, 4) is 11.1 Å². The summed E-state index contributed by atoms with van der Waals surface area (Å²) in [6.07, 6.45) is 15.2. The third kappa shape index (κ3) is 4.18. The lowest BCUT2D eigenvalue weighted by Crippen LogP contribution is -2.41. The molecule has 2 atom stereocenters. The summed E-state index contributed by atoms with van der Waals surface area (Å²) >= 11 is 0. The van der Waals surface area contributed by atoms with Gasteiger partial charge in [-0.1, -0.05) is 146 Å². The van der Waals surface area contributed by atoms with E-state index in [0.717, 1.165) is 5.56 Å². The van der Waals surface area contributed by atoms with E-state index in [4.69, 9.17) is 0 Å². The number of para-hydroxylation sites is 2. The summed E-state index contributed by atoms with van der Waals surface area (Å²) in [7, 11) is 0. The molecule has 0 amide bonds. The Labute approximate surface area is 257 Å². The molecule has 5 aromatic carbocycles. The largest absolute Gasteiger partial charge is 0.312 e. The first-order chi connectivity index (χ1) is 21.8. The highest BCUT2D eigenvalue weighted by Gasteiger charge is 2.34. The molecule has 0 saturated heterocycles. The SMILES string of the molecule is C=C=C/C=C\c1ccc(-c2ccccc2)c(C2=c3ccccc3=C(n3c4ccccc4c4ccccc43)C3C=CC=CC23)c1. The molecule has 1 heterocycles. The molecule has 2 aliphatic rings. The van der Waals surface area contributed by atoms with Crippen LogP contribution in [0.2, 0.25) is 0 Å². The molecule has 44 heavy (non-hydrogen) atoms. The highest BCUT2D eigenvalue weighted by atomic mass is 15.0. The molecule has 1 heteroatoms. The minimum atomic E-state index is 0.163. The highest BCUT2D eigenvalue weighted by Crippen LogP contribution is 2.43. The van der Waals surface area contributed by atoms with Crippen molar-refractivity contribution in [1.29, 1.82) is 0 Å². The summed E-state index contributed by atoms with van der Waals surface area (Å²) in [6.45, 7) is 3.72. The van der Waals surface area contributed by atoms with E-state index >= 15 is 0 Å². The van der Waals surface area contributed by atoms with Crippen LogP contribution in [-0.2, 0) is 0 Å². The lowest BCUT2D eigenvalue weighted by atomic mass is 9.72. The fraction of sp³-hybridized carbons (Fsp3) is 0.0465. The van der Waals surface area contributed by atoms with Crippen molar-refractivity contribution >= 4 is 39.2 Å². The van der Waals surface area contributed by atoms with Crippen LogP contribution in [0.25, 0.3) is 50.3 Å². The van der Waals surface area contributed by atoms with Gasteiger partial charge in [0.2, 0.25) is 0 Å². The number of allylic oxidation sites excluding steroid dienone is 6. The summed E-state index contributed by atoms with van der Waals surface area (Å²) in [5, 5.41) is 5.14. The van der Waals surface area contributed by atoms with Crippen molar-refractivity contribution < 1.29 is 0 Å². The number of hydrogen-bond acceptors (Lipinski definition) is 0. The maximum Gasteiger partial charge on any atom is 0.0538 e. The molecule has 6 aromatic rings. The lowest BCUT2D eigenvalue weighted by Gasteiger charge is -2.34. The smallest absolute Gasteiger partial charge is 0.0538 e. The highest BCUT2D eigenvalue weighted by molar-refractivity contribution is 6.10. The first kappa shape index (κ1) is 26.0. The Morgan fingerprint density at radius 2 is 1.25 bits per heavy atom. The van der Waals surface area contributed by atoms with Gasteiger partial charge in [-0.2, -0.15) is 0 Å². The molecule has 1 aromatic heterocycles. The Hall–Kier alpha value is -5.62. The zero-order chi connectivity index (χ0) is 29.5. The molecule has 1 nitrogen and oxygen atoms in total. The predicted octanol–water partition coefficient (Wildman–Crippen LogP) is 9.04. The van der Waals surface area contributed by atoms with E-state index < -0.39 is 0 Å². The molecule has 0 spiro atoms. The quantitative estimate of drug-likeness (QED) is 0.146. The number of benzene rings is 5. The van der Waals surface area contributed by atoms with E-state index in [1.54, 1.807) is 0 Å². The van der Waals surface area contributed by atoms with Gasteiger partial charge < -0.3 is 4.57 Å². The third-order valence-electron chi connectivity index (χ3n) is 9.02. The van der Waals surface area contributed by atoms with Crippen molar-refractivity contribution in [3.63, 3.8) is 0 Å². The number of rotatable bonds is 5. The van der Waals surface area contributed by atoms with E-state index in [2.05, 4.69) is 169 Å². The summed E-state index contributed by atoms with van der Waals surface area (Å²) < 4.78 is 2.53. The zero-order valence-corrected chi connectivity index (χ0v) is 24.4. The molecule has 208 valence electrons. The van der Waals surface area contributed by atoms with Gasteiger partial charge in [-0.15, -0.1) is 5.73 Å². The summed E-state index contributed by atoms with van der Waals surface area (Å²) in [6, 6.07) is 44.3. The van der Waals surface area contributed by atoms with Crippen LogP contribution in [0.5, 0.6) is 0 Å². The van der Waals surface area contributed by atoms with Crippen molar-refractivity contribution in [2.75, 3.05) is 0 Å². The minimum absolute atomic E-state index is 0.163. The van der Waals surface area contributed by atoms with Crippen LogP contribution in [0.3, 0.4) is 0 Å². The van der Waals surface area contributed by atoms with Gasteiger partial charge in [0, 0.05) is 33.5 Å². The molecule has 8 rings (SSSR count). The van der Waals surface area contributed by atoms with Crippen LogP contribution >= 0.6 is 0 Å². The standard InChI is InChI=1S/C43H31N/c1-2-3-5-16-30-27-28-32(31-17-6-4-7-18-31)39(29-30)42-35-21-8-10-23-37(35)43(38-24-11-9-22-36(38)42)44-40-25-14-12-19-33(40)34-20-13-15-26-41(34)44/h3-29,35,37H,1H2/b16-5-. The monoisotopic (exact) mass is 561 g/mol. The molecule has 0 aliphatic heterocycles. The molecule has 0 N–H and O–H groups in total. The number of fused-ring (bicyclic) bond motifs is 5. The van der Waals surface area contributed by atoms with Gasteiger partial charge in [-0.05, 0) is 57.3 Å². The van der Waals surface area contributed by atoms with Gasteiger partial charge in [0.05, 0.1) is 11.0 Å².